The number of nitrogens with one attached hydrogen (secondary N) is 1. The molecule has 0 aliphatic heterocycles. The lowest BCUT2D eigenvalue weighted by Gasteiger charge is -2.22. The summed E-state index contributed by atoms with van der Waals surface area (Å²) in [6.07, 6.45) is 1.08. The van der Waals surface area contributed by atoms with E-state index in [1.165, 1.54) is 6.07 Å². The Kier molecular flexibility index (Phi) is 6.58. The second-order valence-electron chi connectivity index (χ2n) is 5.45. The first kappa shape index (κ1) is 19.3. The van der Waals surface area contributed by atoms with Crippen LogP contribution in [0.25, 0.3) is 0 Å². The molecule has 2 rings (SSSR count). The summed E-state index contributed by atoms with van der Waals surface area (Å²) in [5, 5.41) is 11.6. The summed E-state index contributed by atoms with van der Waals surface area (Å²) >= 11 is 0. The lowest BCUT2D eigenvalue weighted by atomic mass is 10.2. The monoisotopic (exact) mass is 373 g/mol. The highest BCUT2D eigenvalue weighted by atomic mass is 32.2. The standard InChI is InChI=1S/C18H19N3O4S/c1-26(23,24)21(16-7-5-6-15(12-16)13-19)11-10-20-18(22)14-25-17-8-3-2-4-9-17/h2-9,12H,10-11,14H2,1H3,(H,20,22). The minimum absolute atomic E-state index is 0.0464. The van der Waals surface area contributed by atoms with Crippen molar-refractivity contribution >= 4 is 21.6 Å². The maximum Gasteiger partial charge on any atom is 0.258 e. The van der Waals surface area contributed by atoms with Crippen LogP contribution in [0.1, 0.15) is 5.56 Å². The molecule has 1 amide bonds. The zero-order chi connectivity index (χ0) is 19.0. The number of hydrogen-bond acceptors (Lipinski definition) is 5. The van der Waals surface area contributed by atoms with E-state index in [9.17, 15) is 13.2 Å². The summed E-state index contributed by atoms with van der Waals surface area (Å²) in [7, 11) is -3.55. The lowest BCUT2D eigenvalue weighted by Crippen LogP contribution is -2.39. The van der Waals surface area contributed by atoms with Crippen LogP contribution in [0.15, 0.2) is 54.6 Å². The van der Waals surface area contributed by atoms with Gasteiger partial charge in [-0.05, 0) is 30.3 Å². The molecular formula is C18H19N3O4S. The number of sulfonamides is 1. The van der Waals surface area contributed by atoms with Crippen LogP contribution < -0.4 is 14.4 Å². The SMILES string of the molecule is CS(=O)(=O)N(CCNC(=O)COc1ccccc1)c1cccc(C#N)c1. The summed E-state index contributed by atoms with van der Waals surface area (Å²) in [5.41, 5.74) is 0.734. The maximum absolute atomic E-state index is 12.0. The fraction of sp³-hybridized carbons (Fsp3) is 0.222. The second kappa shape index (κ2) is 8.87. The van der Waals surface area contributed by atoms with Gasteiger partial charge >= 0.3 is 0 Å². The van der Waals surface area contributed by atoms with Crippen LogP contribution in [0.3, 0.4) is 0 Å². The summed E-state index contributed by atoms with van der Waals surface area (Å²) < 4.78 is 30.5. The predicted molar refractivity (Wildman–Crippen MR) is 98.3 cm³/mol. The highest BCUT2D eigenvalue weighted by Crippen LogP contribution is 2.18. The van der Waals surface area contributed by atoms with Crippen molar-refractivity contribution in [1.29, 1.82) is 5.26 Å². The van der Waals surface area contributed by atoms with Crippen molar-refractivity contribution < 1.29 is 17.9 Å². The first-order chi connectivity index (χ1) is 12.4. The van der Waals surface area contributed by atoms with Gasteiger partial charge in [-0.15, -0.1) is 0 Å². The van der Waals surface area contributed by atoms with Crippen LogP contribution in [0.2, 0.25) is 0 Å². The van der Waals surface area contributed by atoms with Gasteiger partial charge in [-0.1, -0.05) is 24.3 Å². The van der Waals surface area contributed by atoms with Crippen molar-refractivity contribution in [2.45, 2.75) is 0 Å². The Morgan fingerprint density at radius 3 is 2.58 bits per heavy atom. The van der Waals surface area contributed by atoms with Crippen molar-refractivity contribution in [2.24, 2.45) is 0 Å². The van der Waals surface area contributed by atoms with Crippen LogP contribution >= 0.6 is 0 Å². The fourth-order valence-electron chi connectivity index (χ4n) is 2.23. The highest BCUT2D eigenvalue weighted by Gasteiger charge is 2.17. The molecule has 0 aromatic heterocycles. The molecule has 0 aliphatic rings. The fourth-order valence-corrected chi connectivity index (χ4v) is 3.15. The Morgan fingerprint density at radius 2 is 1.92 bits per heavy atom. The molecule has 0 bridgehead atoms. The van der Waals surface area contributed by atoms with Gasteiger partial charge in [0.2, 0.25) is 10.0 Å². The summed E-state index contributed by atoms with van der Waals surface area (Å²) in [5.74, 6) is 0.224. The molecule has 0 radical (unpaired) electrons. The van der Waals surface area contributed by atoms with Crippen LogP contribution in [0.5, 0.6) is 5.75 Å². The topological polar surface area (TPSA) is 99.5 Å². The molecule has 2 aromatic rings. The number of hydrogen-bond donors (Lipinski definition) is 1. The van der Waals surface area contributed by atoms with Gasteiger partial charge in [-0.25, -0.2) is 8.42 Å². The van der Waals surface area contributed by atoms with Gasteiger partial charge in [0.05, 0.1) is 30.1 Å². The third-order valence-electron chi connectivity index (χ3n) is 3.41. The number of amides is 1. The van der Waals surface area contributed by atoms with Gasteiger partial charge in [-0.3, -0.25) is 9.10 Å². The minimum Gasteiger partial charge on any atom is -0.484 e. The zero-order valence-electron chi connectivity index (χ0n) is 14.3. The number of nitriles is 1. The quantitative estimate of drug-likeness (QED) is 0.756. The Morgan fingerprint density at radius 1 is 1.19 bits per heavy atom. The third kappa shape index (κ3) is 5.79. The van der Waals surface area contributed by atoms with E-state index in [2.05, 4.69) is 5.32 Å². The molecule has 2 aromatic carbocycles. The molecule has 8 heteroatoms. The van der Waals surface area contributed by atoms with Crippen molar-refractivity contribution in [1.82, 2.24) is 5.32 Å². The Hall–Kier alpha value is -3.05. The van der Waals surface area contributed by atoms with E-state index in [0.717, 1.165) is 10.6 Å². The molecule has 26 heavy (non-hydrogen) atoms. The van der Waals surface area contributed by atoms with E-state index in [0.29, 0.717) is 17.0 Å². The summed E-state index contributed by atoms with van der Waals surface area (Å²) in [6, 6.07) is 17.2. The minimum atomic E-state index is -3.55. The van der Waals surface area contributed by atoms with Crippen molar-refractivity contribution in [3.05, 3.63) is 60.2 Å². The second-order valence-corrected chi connectivity index (χ2v) is 7.36. The average Bonchev–Trinajstić information content (AvgIpc) is 2.63. The summed E-state index contributed by atoms with van der Waals surface area (Å²) in [6.45, 7) is -0.00156. The van der Waals surface area contributed by atoms with Gasteiger partial charge in [-0.2, -0.15) is 5.26 Å². The number of nitrogens with zero attached hydrogens (tertiary/aromatic N) is 2. The van der Waals surface area contributed by atoms with Crippen molar-refractivity contribution in [2.75, 3.05) is 30.3 Å². The number of rotatable bonds is 8. The lowest BCUT2D eigenvalue weighted by molar-refractivity contribution is -0.123. The van der Waals surface area contributed by atoms with Gasteiger partial charge < -0.3 is 10.1 Å². The number of para-hydroxylation sites is 1. The molecule has 7 nitrogen and oxygen atoms in total. The molecule has 0 aliphatic carbocycles. The van der Waals surface area contributed by atoms with Crippen LogP contribution in [0, 0.1) is 11.3 Å². The first-order valence-corrected chi connectivity index (χ1v) is 9.67. The molecule has 0 heterocycles. The Bertz CT molecular complexity index is 892. The summed E-state index contributed by atoms with van der Waals surface area (Å²) in [4.78, 5) is 11.8. The zero-order valence-corrected chi connectivity index (χ0v) is 15.1. The van der Waals surface area contributed by atoms with Gasteiger partial charge in [0.25, 0.3) is 5.91 Å². The molecule has 0 saturated heterocycles. The normalized spacial score (nSPS) is 10.6. The first-order valence-electron chi connectivity index (χ1n) is 7.82. The van der Waals surface area contributed by atoms with E-state index < -0.39 is 10.0 Å². The Balaban J connectivity index is 1.91. The number of benzene rings is 2. The smallest absolute Gasteiger partial charge is 0.258 e. The molecule has 0 fully saturated rings. The molecule has 136 valence electrons. The number of carbonyl (C=O) groups excluding carboxylic acids is 1. The number of anilines is 1. The molecule has 0 spiro atoms. The Labute approximate surface area is 152 Å². The molecule has 0 unspecified atom stereocenters. The van der Waals surface area contributed by atoms with Gasteiger partial charge in [0, 0.05) is 6.54 Å². The largest absolute Gasteiger partial charge is 0.484 e. The molecule has 0 saturated carbocycles. The number of carbonyl (C=O) groups is 1. The predicted octanol–water partition coefficient (Wildman–Crippen LogP) is 1.52. The molecule has 1 N–H and O–H groups in total. The van der Waals surface area contributed by atoms with Crippen LogP contribution in [-0.2, 0) is 14.8 Å². The van der Waals surface area contributed by atoms with E-state index >= 15 is 0 Å². The molecular weight excluding hydrogens is 354 g/mol. The van der Waals surface area contributed by atoms with Gasteiger partial charge in [0.15, 0.2) is 6.61 Å². The van der Waals surface area contributed by atoms with Crippen molar-refractivity contribution in [3.8, 4) is 11.8 Å². The average molecular weight is 373 g/mol. The van der Waals surface area contributed by atoms with Gasteiger partial charge in [0.1, 0.15) is 5.75 Å². The maximum atomic E-state index is 12.0. The van der Waals surface area contributed by atoms with Crippen LogP contribution in [0.4, 0.5) is 5.69 Å². The molecule has 0 atom stereocenters. The highest BCUT2D eigenvalue weighted by molar-refractivity contribution is 7.92. The van der Waals surface area contributed by atoms with E-state index in [1.807, 2.05) is 12.1 Å². The van der Waals surface area contributed by atoms with Crippen LogP contribution in [-0.4, -0.2) is 40.3 Å². The van der Waals surface area contributed by atoms with E-state index in [-0.39, 0.29) is 25.6 Å². The van der Waals surface area contributed by atoms with E-state index in [1.54, 1.807) is 42.5 Å². The van der Waals surface area contributed by atoms with E-state index in [4.69, 9.17) is 10.00 Å². The van der Waals surface area contributed by atoms with Crippen molar-refractivity contribution in [3.63, 3.8) is 0 Å². The number of ether oxygens (including phenoxy) is 1. The third-order valence-corrected chi connectivity index (χ3v) is 4.61.